The van der Waals surface area contributed by atoms with Crippen LogP contribution in [0, 0.1) is 0 Å². The number of nitrogens with two attached hydrogens (primary N) is 1. The fraction of sp³-hybridized carbons (Fsp3) is 0.400. The second-order valence-corrected chi connectivity index (χ2v) is 3.29. The van der Waals surface area contributed by atoms with Gasteiger partial charge in [-0.2, -0.15) is 0 Å². The van der Waals surface area contributed by atoms with E-state index in [0.29, 0.717) is 29.7 Å². The van der Waals surface area contributed by atoms with Crippen molar-refractivity contribution in [1.29, 1.82) is 0 Å². The zero-order valence-electron chi connectivity index (χ0n) is 8.13. The summed E-state index contributed by atoms with van der Waals surface area (Å²) >= 11 is 5.91. The summed E-state index contributed by atoms with van der Waals surface area (Å²) in [5.74, 6) is 0.664. The lowest BCUT2D eigenvalue weighted by Crippen LogP contribution is -2.01. The normalized spacial score (nSPS) is 10.1. The number of benzene rings is 1. The van der Waals surface area contributed by atoms with Crippen molar-refractivity contribution in [3.8, 4) is 5.75 Å². The monoisotopic (exact) mass is 215 g/mol. The summed E-state index contributed by atoms with van der Waals surface area (Å²) in [5, 5.41) is 0.544. The molecule has 0 saturated heterocycles. The number of anilines is 1. The first-order chi connectivity index (χ1) is 6.74. The third-order valence-corrected chi connectivity index (χ3v) is 2.00. The van der Waals surface area contributed by atoms with Crippen molar-refractivity contribution in [2.45, 2.75) is 6.42 Å². The average molecular weight is 216 g/mol. The van der Waals surface area contributed by atoms with Crippen molar-refractivity contribution in [2.75, 3.05) is 26.1 Å². The molecule has 0 heterocycles. The summed E-state index contributed by atoms with van der Waals surface area (Å²) in [5.41, 5.74) is 6.18. The lowest BCUT2D eigenvalue weighted by Gasteiger charge is -2.07. The van der Waals surface area contributed by atoms with Gasteiger partial charge in [-0.25, -0.2) is 0 Å². The summed E-state index contributed by atoms with van der Waals surface area (Å²) in [4.78, 5) is 0. The Morgan fingerprint density at radius 3 is 2.79 bits per heavy atom. The minimum absolute atomic E-state index is 0.544. The van der Waals surface area contributed by atoms with Gasteiger partial charge in [0.25, 0.3) is 0 Å². The van der Waals surface area contributed by atoms with Gasteiger partial charge in [0.1, 0.15) is 5.75 Å². The Kier molecular flexibility index (Phi) is 4.56. The fourth-order valence-corrected chi connectivity index (χ4v) is 1.26. The summed E-state index contributed by atoms with van der Waals surface area (Å²) in [7, 11) is 1.66. The maximum atomic E-state index is 5.91. The quantitative estimate of drug-likeness (QED) is 0.606. The lowest BCUT2D eigenvalue weighted by atomic mass is 10.3. The Labute approximate surface area is 88.8 Å². The third kappa shape index (κ3) is 3.44. The molecule has 0 bridgehead atoms. The molecule has 1 aromatic carbocycles. The van der Waals surface area contributed by atoms with Gasteiger partial charge in [-0.1, -0.05) is 11.6 Å². The molecule has 1 rings (SSSR count). The van der Waals surface area contributed by atoms with Gasteiger partial charge >= 0.3 is 0 Å². The first-order valence-electron chi connectivity index (χ1n) is 4.41. The zero-order valence-corrected chi connectivity index (χ0v) is 8.88. The number of methoxy groups -OCH3 is 1. The number of nitrogen functional groups attached to an aromatic ring is 1. The van der Waals surface area contributed by atoms with E-state index in [2.05, 4.69) is 0 Å². The van der Waals surface area contributed by atoms with Crippen LogP contribution in [-0.4, -0.2) is 20.3 Å². The molecule has 4 heteroatoms. The Morgan fingerprint density at radius 1 is 1.36 bits per heavy atom. The minimum Gasteiger partial charge on any atom is -0.492 e. The lowest BCUT2D eigenvalue weighted by molar-refractivity contribution is 0.172. The van der Waals surface area contributed by atoms with Crippen LogP contribution in [0.3, 0.4) is 0 Å². The van der Waals surface area contributed by atoms with Crippen LogP contribution < -0.4 is 10.5 Å². The molecule has 1 aromatic rings. The molecule has 0 saturated carbocycles. The molecule has 78 valence electrons. The molecule has 0 aliphatic carbocycles. The molecule has 0 fully saturated rings. The van der Waals surface area contributed by atoms with Crippen LogP contribution in [-0.2, 0) is 4.74 Å². The summed E-state index contributed by atoms with van der Waals surface area (Å²) < 4.78 is 10.3. The first kappa shape index (κ1) is 11.1. The molecule has 0 unspecified atom stereocenters. The minimum atomic E-state index is 0.544. The van der Waals surface area contributed by atoms with Crippen LogP contribution in [0.1, 0.15) is 6.42 Å². The average Bonchev–Trinajstić information content (AvgIpc) is 2.15. The number of ether oxygens (including phenoxy) is 2. The highest BCUT2D eigenvalue weighted by atomic mass is 35.5. The first-order valence-corrected chi connectivity index (χ1v) is 4.78. The summed E-state index contributed by atoms with van der Waals surface area (Å²) in [6, 6.07) is 5.20. The summed E-state index contributed by atoms with van der Waals surface area (Å²) in [6.45, 7) is 1.28. The van der Waals surface area contributed by atoms with Crippen LogP contribution in [0.25, 0.3) is 0 Å². The summed E-state index contributed by atoms with van der Waals surface area (Å²) in [6.07, 6.45) is 0.844. The Balaban J connectivity index is 2.42. The second-order valence-electron chi connectivity index (χ2n) is 2.88. The molecule has 3 nitrogen and oxygen atoms in total. The van der Waals surface area contributed by atoms with Crippen molar-refractivity contribution in [2.24, 2.45) is 0 Å². The van der Waals surface area contributed by atoms with Gasteiger partial charge in [0, 0.05) is 25.8 Å². The van der Waals surface area contributed by atoms with Crippen molar-refractivity contribution >= 4 is 17.3 Å². The molecule has 0 atom stereocenters. The van der Waals surface area contributed by atoms with Gasteiger partial charge in [-0.05, 0) is 18.2 Å². The number of rotatable bonds is 5. The van der Waals surface area contributed by atoms with Gasteiger partial charge in [-0.15, -0.1) is 0 Å². The van der Waals surface area contributed by atoms with E-state index in [1.807, 2.05) is 0 Å². The van der Waals surface area contributed by atoms with Crippen molar-refractivity contribution < 1.29 is 9.47 Å². The van der Waals surface area contributed by atoms with E-state index in [9.17, 15) is 0 Å². The van der Waals surface area contributed by atoms with E-state index >= 15 is 0 Å². The van der Waals surface area contributed by atoms with E-state index < -0.39 is 0 Å². The van der Waals surface area contributed by atoms with Crippen LogP contribution >= 0.6 is 11.6 Å². The predicted molar refractivity (Wildman–Crippen MR) is 57.9 cm³/mol. The SMILES string of the molecule is COCCCOc1ccc(N)cc1Cl. The van der Waals surface area contributed by atoms with Crippen molar-refractivity contribution in [3.63, 3.8) is 0 Å². The topological polar surface area (TPSA) is 44.5 Å². The molecule has 0 spiro atoms. The fourth-order valence-electron chi connectivity index (χ4n) is 1.02. The number of hydrogen-bond acceptors (Lipinski definition) is 3. The van der Waals surface area contributed by atoms with Crippen LogP contribution in [0.15, 0.2) is 18.2 Å². The van der Waals surface area contributed by atoms with Gasteiger partial charge in [0.15, 0.2) is 0 Å². The van der Waals surface area contributed by atoms with E-state index in [0.717, 1.165) is 6.42 Å². The van der Waals surface area contributed by atoms with Gasteiger partial charge < -0.3 is 15.2 Å². The maximum Gasteiger partial charge on any atom is 0.138 e. The molecule has 0 aromatic heterocycles. The van der Waals surface area contributed by atoms with E-state index in [4.69, 9.17) is 26.8 Å². The van der Waals surface area contributed by atoms with Crippen molar-refractivity contribution in [1.82, 2.24) is 0 Å². The maximum absolute atomic E-state index is 5.91. The molecular formula is C10H14ClNO2. The standard InChI is InChI=1S/C10H14ClNO2/c1-13-5-2-6-14-10-4-3-8(12)7-9(10)11/h3-4,7H,2,5-6,12H2,1H3. The Hall–Kier alpha value is -0.930. The third-order valence-electron chi connectivity index (χ3n) is 1.71. The molecule has 14 heavy (non-hydrogen) atoms. The number of halogens is 1. The number of hydrogen-bond donors (Lipinski definition) is 1. The molecule has 0 aliphatic rings. The van der Waals surface area contributed by atoms with E-state index in [1.165, 1.54) is 0 Å². The Morgan fingerprint density at radius 2 is 2.14 bits per heavy atom. The molecule has 0 aliphatic heterocycles. The van der Waals surface area contributed by atoms with Crippen molar-refractivity contribution in [3.05, 3.63) is 23.2 Å². The molecule has 2 N–H and O–H groups in total. The van der Waals surface area contributed by atoms with Crippen LogP contribution in [0.4, 0.5) is 5.69 Å². The molecule has 0 amide bonds. The van der Waals surface area contributed by atoms with Gasteiger partial charge in [0.05, 0.1) is 11.6 Å². The molecular weight excluding hydrogens is 202 g/mol. The predicted octanol–water partition coefficient (Wildman–Crippen LogP) is 2.34. The molecule has 0 radical (unpaired) electrons. The van der Waals surface area contributed by atoms with Crippen LogP contribution in [0.2, 0.25) is 5.02 Å². The second kappa shape index (κ2) is 5.73. The highest BCUT2D eigenvalue weighted by molar-refractivity contribution is 6.32. The van der Waals surface area contributed by atoms with Gasteiger partial charge in [0.2, 0.25) is 0 Å². The highest BCUT2D eigenvalue weighted by Gasteiger charge is 2.00. The van der Waals surface area contributed by atoms with Gasteiger partial charge in [-0.3, -0.25) is 0 Å². The Bertz CT molecular complexity index is 291. The van der Waals surface area contributed by atoms with Crippen LogP contribution in [0.5, 0.6) is 5.75 Å². The van der Waals surface area contributed by atoms with E-state index in [1.54, 1.807) is 25.3 Å². The largest absolute Gasteiger partial charge is 0.492 e. The van der Waals surface area contributed by atoms with E-state index in [-0.39, 0.29) is 0 Å². The smallest absolute Gasteiger partial charge is 0.138 e. The highest BCUT2D eigenvalue weighted by Crippen LogP contribution is 2.26. The zero-order chi connectivity index (χ0) is 10.4.